The average molecular weight is 315 g/mol. The molecule has 0 aromatic carbocycles. The maximum absolute atomic E-state index is 12.3. The molecule has 0 aliphatic heterocycles. The van der Waals surface area contributed by atoms with Crippen LogP contribution >= 0.6 is 11.3 Å². The monoisotopic (exact) mass is 315 g/mol. The van der Waals surface area contributed by atoms with Gasteiger partial charge in [0.05, 0.1) is 6.04 Å². The topological polar surface area (TPSA) is 99.8 Å². The smallest absolute Gasteiger partial charge is 0.250 e. The van der Waals surface area contributed by atoms with E-state index in [1.165, 1.54) is 17.7 Å². The highest BCUT2D eigenvalue weighted by molar-refractivity contribution is 7.91. The van der Waals surface area contributed by atoms with Crippen LogP contribution in [-0.4, -0.2) is 30.6 Å². The highest BCUT2D eigenvalue weighted by atomic mass is 32.2. The molecule has 0 aliphatic rings. The van der Waals surface area contributed by atoms with Gasteiger partial charge in [0.25, 0.3) is 10.0 Å². The summed E-state index contributed by atoms with van der Waals surface area (Å²) < 4.78 is 27.5. The van der Waals surface area contributed by atoms with E-state index in [-0.39, 0.29) is 0 Å². The summed E-state index contributed by atoms with van der Waals surface area (Å²) in [5.41, 5.74) is 0.969. The molecule has 1 unspecified atom stereocenters. The molecule has 9 heteroatoms. The lowest BCUT2D eigenvalue weighted by Crippen LogP contribution is -2.27. The molecule has 0 fully saturated rings. The maximum atomic E-state index is 12.3. The standard InChI is InChI=1S/C11H17N5O2S2/c1-7-4-10(19-9(7)5-12-3)20(17,18)16-8(2)11-13-6-14-15-11/h4,6,8,12,16H,5H2,1-3H3,(H,13,14,15). The van der Waals surface area contributed by atoms with Gasteiger partial charge in [-0.1, -0.05) is 0 Å². The molecule has 0 amide bonds. The number of thiophene rings is 1. The third-order valence-corrected chi connectivity index (χ3v) is 6.03. The number of nitrogens with zero attached hydrogens (tertiary/aromatic N) is 2. The van der Waals surface area contributed by atoms with Crippen LogP contribution in [0.5, 0.6) is 0 Å². The van der Waals surface area contributed by atoms with Crippen molar-refractivity contribution in [1.29, 1.82) is 0 Å². The second-order valence-electron chi connectivity index (χ2n) is 4.42. The van der Waals surface area contributed by atoms with Gasteiger partial charge in [-0.05, 0) is 32.5 Å². The van der Waals surface area contributed by atoms with E-state index >= 15 is 0 Å². The zero-order valence-electron chi connectivity index (χ0n) is 11.5. The predicted molar refractivity (Wildman–Crippen MR) is 76.9 cm³/mol. The summed E-state index contributed by atoms with van der Waals surface area (Å²) in [4.78, 5) is 4.96. The van der Waals surface area contributed by atoms with Gasteiger partial charge in [0, 0.05) is 11.4 Å². The Balaban J connectivity index is 2.20. The zero-order chi connectivity index (χ0) is 14.8. The van der Waals surface area contributed by atoms with Crippen LogP contribution in [0.25, 0.3) is 0 Å². The van der Waals surface area contributed by atoms with Gasteiger partial charge in [-0.3, -0.25) is 5.10 Å². The second-order valence-corrected chi connectivity index (χ2v) is 7.49. The minimum Gasteiger partial charge on any atom is -0.315 e. The van der Waals surface area contributed by atoms with Crippen molar-refractivity contribution in [3.8, 4) is 0 Å². The first-order chi connectivity index (χ1) is 9.44. The van der Waals surface area contributed by atoms with E-state index in [4.69, 9.17) is 0 Å². The number of aromatic nitrogens is 3. The van der Waals surface area contributed by atoms with Crippen molar-refractivity contribution in [2.45, 2.75) is 30.6 Å². The third-order valence-electron chi connectivity index (χ3n) is 2.78. The van der Waals surface area contributed by atoms with Crippen LogP contribution in [0.4, 0.5) is 0 Å². The van der Waals surface area contributed by atoms with Crippen molar-refractivity contribution in [1.82, 2.24) is 25.2 Å². The summed E-state index contributed by atoms with van der Waals surface area (Å²) in [5.74, 6) is 0.484. The number of aryl methyl sites for hydroxylation is 1. The number of hydrogen-bond donors (Lipinski definition) is 3. The Kier molecular flexibility index (Phi) is 4.53. The Morgan fingerprint density at radius 3 is 2.85 bits per heavy atom. The maximum Gasteiger partial charge on any atom is 0.250 e. The molecular weight excluding hydrogens is 298 g/mol. The summed E-state index contributed by atoms with van der Waals surface area (Å²) in [7, 11) is -1.72. The Hall–Kier alpha value is -1.29. The molecule has 20 heavy (non-hydrogen) atoms. The van der Waals surface area contributed by atoms with Crippen molar-refractivity contribution < 1.29 is 8.42 Å². The van der Waals surface area contributed by atoms with Crippen LogP contribution in [-0.2, 0) is 16.6 Å². The van der Waals surface area contributed by atoms with Gasteiger partial charge in [0.1, 0.15) is 16.4 Å². The van der Waals surface area contributed by atoms with E-state index in [1.54, 1.807) is 13.0 Å². The number of aromatic amines is 1. The molecule has 110 valence electrons. The Labute approximate surface area is 121 Å². The molecule has 0 radical (unpaired) electrons. The van der Waals surface area contributed by atoms with E-state index in [1.807, 2.05) is 14.0 Å². The molecule has 0 bridgehead atoms. The van der Waals surface area contributed by atoms with E-state index in [0.29, 0.717) is 16.6 Å². The van der Waals surface area contributed by atoms with Crippen molar-refractivity contribution in [3.63, 3.8) is 0 Å². The Bertz CT molecular complexity index is 663. The summed E-state index contributed by atoms with van der Waals surface area (Å²) in [5, 5.41) is 9.39. The molecule has 2 aromatic heterocycles. The van der Waals surface area contributed by atoms with Crippen LogP contribution in [0.3, 0.4) is 0 Å². The van der Waals surface area contributed by atoms with E-state index in [9.17, 15) is 8.42 Å². The van der Waals surface area contributed by atoms with Crippen LogP contribution in [0, 0.1) is 6.92 Å². The molecule has 2 rings (SSSR count). The third kappa shape index (κ3) is 3.23. The first-order valence-corrected chi connectivity index (χ1v) is 8.35. The quantitative estimate of drug-likeness (QED) is 0.736. The van der Waals surface area contributed by atoms with Crippen LogP contribution in [0.2, 0.25) is 0 Å². The molecule has 1 atom stereocenters. The fourth-order valence-electron chi connectivity index (χ4n) is 1.73. The largest absolute Gasteiger partial charge is 0.315 e. The zero-order valence-corrected chi connectivity index (χ0v) is 13.1. The first kappa shape index (κ1) is 15.1. The predicted octanol–water partition coefficient (Wildman–Crippen LogP) is 0.934. The molecule has 0 spiro atoms. The van der Waals surface area contributed by atoms with E-state index in [0.717, 1.165) is 10.4 Å². The van der Waals surface area contributed by atoms with Crippen LogP contribution < -0.4 is 10.0 Å². The number of sulfonamides is 1. The van der Waals surface area contributed by atoms with Gasteiger partial charge >= 0.3 is 0 Å². The summed E-state index contributed by atoms with van der Waals surface area (Å²) in [6, 6.07) is 1.23. The number of rotatable bonds is 6. The number of nitrogens with one attached hydrogen (secondary N) is 3. The molecule has 0 aliphatic carbocycles. The molecule has 3 N–H and O–H groups in total. The van der Waals surface area contributed by atoms with Crippen LogP contribution in [0.15, 0.2) is 16.6 Å². The van der Waals surface area contributed by atoms with Crippen LogP contribution in [0.1, 0.15) is 29.2 Å². The van der Waals surface area contributed by atoms with Crippen molar-refractivity contribution in [3.05, 3.63) is 28.7 Å². The lowest BCUT2D eigenvalue weighted by Gasteiger charge is -2.10. The minimum absolute atomic E-state index is 0.312. The molecule has 0 saturated heterocycles. The normalized spacial score (nSPS) is 13.6. The van der Waals surface area contributed by atoms with Gasteiger partial charge in [-0.25, -0.2) is 18.1 Å². The summed E-state index contributed by atoms with van der Waals surface area (Å²) in [6.45, 7) is 4.28. The summed E-state index contributed by atoms with van der Waals surface area (Å²) >= 11 is 1.27. The van der Waals surface area contributed by atoms with Crippen molar-refractivity contribution in [2.75, 3.05) is 7.05 Å². The lowest BCUT2D eigenvalue weighted by molar-refractivity contribution is 0.562. The fraction of sp³-hybridized carbons (Fsp3) is 0.455. The van der Waals surface area contributed by atoms with Gasteiger partial charge in [-0.2, -0.15) is 5.10 Å². The Morgan fingerprint density at radius 1 is 1.50 bits per heavy atom. The summed E-state index contributed by atoms with van der Waals surface area (Å²) in [6.07, 6.45) is 1.35. The molecular formula is C11H17N5O2S2. The SMILES string of the molecule is CNCc1sc(S(=O)(=O)NC(C)c2ncn[nH]2)cc1C. The van der Waals surface area contributed by atoms with Gasteiger partial charge in [0.15, 0.2) is 0 Å². The van der Waals surface area contributed by atoms with E-state index < -0.39 is 16.1 Å². The van der Waals surface area contributed by atoms with Gasteiger partial charge in [0.2, 0.25) is 0 Å². The number of hydrogen-bond acceptors (Lipinski definition) is 6. The highest BCUT2D eigenvalue weighted by Crippen LogP contribution is 2.26. The van der Waals surface area contributed by atoms with Crippen molar-refractivity contribution in [2.24, 2.45) is 0 Å². The molecule has 0 saturated carbocycles. The Morgan fingerprint density at radius 2 is 2.25 bits per heavy atom. The van der Waals surface area contributed by atoms with Crippen molar-refractivity contribution >= 4 is 21.4 Å². The number of H-pyrrole nitrogens is 1. The fourth-order valence-corrected chi connectivity index (χ4v) is 4.55. The lowest BCUT2D eigenvalue weighted by atomic mass is 10.3. The van der Waals surface area contributed by atoms with E-state index in [2.05, 4.69) is 25.2 Å². The molecule has 2 heterocycles. The second kappa shape index (κ2) is 6.00. The van der Waals surface area contributed by atoms with Gasteiger partial charge < -0.3 is 5.32 Å². The highest BCUT2D eigenvalue weighted by Gasteiger charge is 2.22. The molecule has 2 aromatic rings. The average Bonchev–Trinajstić information content (AvgIpc) is 3.00. The van der Waals surface area contributed by atoms with Gasteiger partial charge in [-0.15, -0.1) is 11.3 Å². The molecule has 7 nitrogen and oxygen atoms in total. The minimum atomic E-state index is -3.55. The first-order valence-electron chi connectivity index (χ1n) is 6.05.